The maximum Gasteiger partial charge on any atom is 0.376 e. The molecule has 0 amide bonds. The summed E-state index contributed by atoms with van der Waals surface area (Å²) in [6, 6.07) is 6.81. The maximum atomic E-state index is 11.7. The summed E-state index contributed by atoms with van der Waals surface area (Å²) in [6.45, 7) is 0. The molecule has 1 heterocycles. The van der Waals surface area contributed by atoms with Crippen LogP contribution in [0.1, 0.15) is 5.56 Å². The lowest BCUT2D eigenvalue weighted by Gasteiger charge is -2.12. The zero-order valence-electron chi connectivity index (χ0n) is 9.41. The number of carbonyl (C=O) groups is 2. The molecule has 18 heavy (non-hydrogen) atoms. The first kappa shape index (κ1) is 12.4. The third kappa shape index (κ3) is 2.62. The number of fused-ring (bicyclic) bond motifs is 1. The lowest BCUT2D eigenvalue weighted by atomic mass is 10.0. The van der Waals surface area contributed by atoms with Gasteiger partial charge in [-0.3, -0.25) is 4.79 Å². The standard InChI is InChI=1S/C11H9NO5S/c1-18(15,16)17-11(14)10-9(13)6-7-4-2-3-5-8(7)12-10/h2-5H,6H2,1H3. The Hall–Kier alpha value is -2.02. The summed E-state index contributed by atoms with van der Waals surface area (Å²) in [5.74, 6) is -1.79. The van der Waals surface area contributed by atoms with E-state index in [1.807, 2.05) is 0 Å². The van der Waals surface area contributed by atoms with E-state index >= 15 is 0 Å². The van der Waals surface area contributed by atoms with Gasteiger partial charge >= 0.3 is 16.1 Å². The Balaban J connectivity index is 2.37. The topological polar surface area (TPSA) is 89.9 Å². The summed E-state index contributed by atoms with van der Waals surface area (Å²) in [5.41, 5.74) is 0.676. The summed E-state index contributed by atoms with van der Waals surface area (Å²) < 4.78 is 25.8. The third-order valence-electron chi connectivity index (χ3n) is 2.26. The van der Waals surface area contributed by atoms with Crippen molar-refractivity contribution >= 4 is 33.3 Å². The van der Waals surface area contributed by atoms with Crippen molar-refractivity contribution < 1.29 is 22.2 Å². The second kappa shape index (κ2) is 4.34. The lowest BCUT2D eigenvalue weighted by molar-refractivity contribution is -0.127. The number of nitrogens with zero attached hydrogens (tertiary/aromatic N) is 1. The monoisotopic (exact) mass is 267 g/mol. The molecule has 0 saturated heterocycles. The molecule has 0 radical (unpaired) electrons. The average Bonchev–Trinajstić information content (AvgIpc) is 2.25. The summed E-state index contributed by atoms with van der Waals surface area (Å²) >= 11 is 0. The smallest absolute Gasteiger partial charge is 0.340 e. The van der Waals surface area contributed by atoms with Crippen LogP contribution < -0.4 is 0 Å². The molecule has 1 aliphatic heterocycles. The molecule has 0 fully saturated rings. The SMILES string of the molecule is CS(=O)(=O)OC(=O)C1=Nc2ccccc2CC1=O. The van der Waals surface area contributed by atoms with Crippen LogP contribution >= 0.6 is 0 Å². The maximum absolute atomic E-state index is 11.7. The number of rotatable bonds is 2. The number of benzene rings is 1. The average molecular weight is 267 g/mol. The van der Waals surface area contributed by atoms with Crippen molar-refractivity contribution in [3.05, 3.63) is 29.8 Å². The highest BCUT2D eigenvalue weighted by atomic mass is 32.2. The highest BCUT2D eigenvalue weighted by molar-refractivity contribution is 7.86. The number of ketones is 1. The fourth-order valence-corrected chi connectivity index (χ4v) is 1.90. The van der Waals surface area contributed by atoms with Crippen LogP contribution in [-0.4, -0.2) is 32.1 Å². The van der Waals surface area contributed by atoms with Crippen molar-refractivity contribution in [1.29, 1.82) is 0 Å². The number of para-hydroxylation sites is 1. The molecule has 2 rings (SSSR count). The summed E-state index contributed by atoms with van der Waals surface area (Å²) in [6.07, 6.45) is 0.737. The van der Waals surface area contributed by atoms with Crippen LogP contribution in [0.4, 0.5) is 5.69 Å². The van der Waals surface area contributed by atoms with E-state index in [-0.39, 0.29) is 6.42 Å². The van der Waals surface area contributed by atoms with Gasteiger partial charge in [0.2, 0.25) is 0 Å². The van der Waals surface area contributed by atoms with Gasteiger partial charge in [0.25, 0.3) is 0 Å². The van der Waals surface area contributed by atoms with E-state index in [0.29, 0.717) is 11.3 Å². The molecule has 7 heteroatoms. The molecule has 6 nitrogen and oxygen atoms in total. The number of hydrogen-bond donors (Lipinski definition) is 0. The van der Waals surface area contributed by atoms with E-state index in [4.69, 9.17) is 0 Å². The first-order valence-corrected chi connectivity index (χ1v) is 6.82. The van der Waals surface area contributed by atoms with Gasteiger partial charge in [0.05, 0.1) is 11.9 Å². The highest BCUT2D eigenvalue weighted by Gasteiger charge is 2.29. The van der Waals surface area contributed by atoms with E-state index in [1.165, 1.54) is 0 Å². The van der Waals surface area contributed by atoms with Gasteiger partial charge in [-0.25, -0.2) is 9.79 Å². The van der Waals surface area contributed by atoms with Gasteiger partial charge < -0.3 is 4.18 Å². The van der Waals surface area contributed by atoms with E-state index in [9.17, 15) is 18.0 Å². The molecule has 94 valence electrons. The highest BCUT2D eigenvalue weighted by Crippen LogP contribution is 2.24. The zero-order chi connectivity index (χ0) is 13.3. The van der Waals surface area contributed by atoms with Gasteiger partial charge in [-0.2, -0.15) is 8.42 Å². The lowest BCUT2D eigenvalue weighted by Crippen LogP contribution is -2.31. The van der Waals surface area contributed by atoms with Crippen LogP contribution in [0.3, 0.4) is 0 Å². The number of aliphatic imine (C=N–C) groups is 1. The zero-order valence-corrected chi connectivity index (χ0v) is 10.2. The third-order valence-corrected chi connectivity index (χ3v) is 2.71. The molecule has 0 aliphatic carbocycles. The molecule has 0 bridgehead atoms. The van der Waals surface area contributed by atoms with Crippen molar-refractivity contribution in [3.8, 4) is 0 Å². The van der Waals surface area contributed by atoms with Crippen LogP contribution in [0.2, 0.25) is 0 Å². The number of Topliss-reactive ketones (excluding diaryl/α,β-unsaturated/α-hetero) is 1. The number of carbonyl (C=O) groups excluding carboxylic acids is 2. The van der Waals surface area contributed by atoms with Crippen LogP contribution in [0.15, 0.2) is 29.3 Å². The van der Waals surface area contributed by atoms with Gasteiger partial charge in [-0.05, 0) is 11.6 Å². The minimum absolute atomic E-state index is 0.00781. The largest absolute Gasteiger partial charge is 0.376 e. The van der Waals surface area contributed by atoms with Crippen LogP contribution in [0.25, 0.3) is 0 Å². The fraction of sp³-hybridized carbons (Fsp3) is 0.182. The molecular formula is C11H9NO5S. The Morgan fingerprint density at radius 3 is 2.67 bits per heavy atom. The van der Waals surface area contributed by atoms with Crippen molar-refractivity contribution in [2.75, 3.05) is 6.26 Å². The van der Waals surface area contributed by atoms with Gasteiger partial charge in [-0.15, -0.1) is 0 Å². The van der Waals surface area contributed by atoms with E-state index < -0.39 is 27.6 Å². The van der Waals surface area contributed by atoms with E-state index in [0.717, 1.165) is 6.26 Å². The molecule has 0 saturated carbocycles. The molecule has 0 unspecified atom stereocenters. The number of hydrogen-bond acceptors (Lipinski definition) is 6. The van der Waals surface area contributed by atoms with Crippen molar-refractivity contribution in [2.45, 2.75) is 6.42 Å². The molecule has 0 N–H and O–H groups in total. The first-order chi connectivity index (χ1) is 8.37. The van der Waals surface area contributed by atoms with Gasteiger partial charge in [-0.1, -0.05) is 18.2 Å². The Morgan fingerprint density at radius 1 is 1.33 bits per heavy atom. The van der Waals surface area contributed by atoms with Crippen molar-refractivity contribution in [1.82, 2.24) is 0 Å². The summed E-state index contributed by atoms with van der Waals surface area (Å²) in [7, 11) is -3.96. The molecule has 0 spiro atoms. The van der Waals surface area contributed by atoms with E-state index in [1.54, 1.807) is 24.3 Å². The predicted molar refractivity (Wildman–Crippen MR) is 63.2 cm³/mol. The summed E-state index contributed by atoms with van der Waals surface area (Å²) in [4.78, 5) is 27.0. The molecular weight excluding hydrogens is 258 g/mol. The molecule has 1 aliphatic rings. The second-order valence-corrected chi connectivity index (χ2v) is 5.34. The minimum Gasteiger partial charge on any atom is -0.340 e. The quantitative estimate of drug-likeness (QED) is 0.723. The Bertz CT molecular complexity index is 660. The Morgan fingerprint density at radius 2 is 2.00 bits per heavy atom. The van der Waals surface area contributed by atoms with Crippen LogP contribution in [0, 0.1) is 0 Å². The Kier molecular flexibility index (Phi) is 3.00. The molecule has 0 aromatic heterocycles. The normalized spacial score (nSPS) is 14.7. The molecule has 1 aromatic rings. The van der Waals surface area contributed by atoms with Gasteiger partial charge in [0.15, 0.2) is 11.5 Å². The van der Waals surface area contributed by atoms with Crippen LogP contribution in [-0.2, 0) is 30.3 Å². The van der Waals surface area contributed by atoms with Gasteiger partial charge in [0.1, 0.15) is 0 Å². The van der Waals surface area contributed by atoms with Crippen molar-refractivity contribution in [3.63, 3.8) is 0 Å². The second-order valence-electron chi connectivity index (χ2n) is 3.76. The van der Waals surface area contributed by atoms with Gasteiger partial charge in [0, 0.05) is 6.42 Å². The van der Waals surface area contributed by atoms with Crippen molar-refractivity contribution in [2.24, 2.45) is 4.99 Å². The summed E-state index contributed by atoms with van der Waals surface area (Å²) in [5, 5.41) is 0. The predicted octanol–water partition coefficient (Wildman–Crippen LogP) is 0.387. The fourth-order valence-electron chi connectivity index (χ4n) is 1.55. The van der Waals surface area contributed by atoms with Crippen LogP contribution in [0.5, 0.6) is 0 Å². The molecule has 1 aromatic carbocycles. The minimum atomic E-state index is -3.96. The first-order valence-electron chi connectivity index (χ1n) is 5.00. The Labute approximate surface area is 103 Å². The molecule has 0 atom stereocenters. The van der Waals surface area contributed by atoms with E-state index in [2.05, 4.69) is 9.18 Å².